The van der Waals surface area contributed by atoms with E-state index in [1.54, 1.807) is 0 Å². The van der Waals surface area contributed by atoms with Crippen LogP contribution in [0.3, 0.4) is 0 Å². The van der Waals surface area contributed by atoms with Gasteiger partial charge in [0.15, 0.2) is 0 Å². The molecule has 74 valence electrons. The molecule has 0 aliphatic heterocycles. The molecule has 0 bridgehead atoms. The summed E-state index contributed by atoms with van der Waals surface area (Å²) in [7, 11) is 0. The van der Waals surface area contributed by atoms with E-state index in [-0.39, 0.29) is 0 Å². The Balaban J connectivity index is 2.18. The van der Waals surface area contributed by atoms with E-state index in [2.05, 4.69) is 25.2 Å². The lowest BCUT2D eigenvalue weighted by Crippen LogP contribution is -2.38. The quantitative estimate of drug-likeness (QED) is 0.675. The van der Waals surface area contributed by atoms with E-state index < -0.39 is 0 Å². The average Bonchev–Trinajstić information content (AvgIpc) is 2.40. The van der Waals surface area contributed by atoms with Crippen LogP contribution >= 0.6 is 0 Å². The number of hydrogen-bond acceptors (Lipinski definition) is 2. The number of rotatable bonds is 4. The lowest BCUT2D eigenvalue weighted by Gasteiger charge is -2.27. The van der Waals surface area contributed by atoms with Crippen LogP contribution in [0.25, 0.3) is 0 Å². The summed E-state index contributed by atoms with van der Waals surface area (Å²) in [6.45, 7) is 5.67. The molecule has 0 heterocycles. The molecule has 0 aromatic rings. The van der Waals surface area contributed by atoms with Gasteiger partial charge in [-0.1, -0.05) is 20.3 Å². The lowest BCUT2D eigenvalue weighted by molar-refractivity contribution is 0.284. The summed E-state index contributed by atoms with van der Waals surface area (Å²) in [5.74, 6) is 0. The van der Waals surface area contributed by atoms with Gasteiger partial charge in [-0.25, -0.2) is 0 Å². The highest BCUT2D eigenvalue weighted by Gasteiger charge is 2.33. The maximum absolute atomic E-state index is 8.38. The van der Waals surface area contributed by atoms with Crippen molar-refractivity contribution in [2.75, 3.05) is 6.54 Å². The van der Waals surface area contributed by atoms with E-state index in [4.69, 9.17) is 5.26 Å². The molecule has 1 saturated carbocycles. The molecule has 1 atom stereocenters. The average molecular weight is 180 g/mol. The molecule has 0 spiro atoms. The van der Waals surface area contributed by atoms with Crippen molar-refractivity contribution in [3.8, 4) is 6.07 Å². The second kappa shape index (κ2) is 4.62. The van der Waals surface area contributed by atoms with Crippen molar-refractivity contribution in [3.05, 3.63) is 0 Å². The summed E-state index contributed by atoms with van der Waals surface area (Å²) < 4.78 is 0. The number of nitrogens with one attached hydrogen (secondary N) is 1. The van der Waals surface area contributed by atoms with Crippen molar-refractivity contribution < 1.29 is 0 Å². The molecular formula is C11H20N2. The number of nitrogens with zero attached hydrogens (tertiary/aromatic N) is 1. The standard InChI is InChI=1S/C11H20N2/c1-11(2)7-5-6-10(11)13-9-4-3-8-12/h10,13H,3-7,9H2,1-2H3. The van der Waals surface area contributed by atoms with Crippen LogP contribution in [0.2, 0.25) is 0 Å². The summed E-state index contributed by atoms with van der Waals surface area (Å²) in [6, 6.07) is 2.85. The van der Waals surface area contributed by atoms with Gasteiger partial charge >= 0.3 is 0 Å². The van der Waals surface area contributed by atoms with Crippen LogP contribution in [0.1, 0.15) is 46.0 Å². The van der Waals surface area contributed by atoms with E-state index in [1.807, 2.05) is 0 Å². The Labute approximate surface area is 81.3 Å². The minimum atomic E-state index is 0.465. The highest BCUT2D eigenvalue weighted by Crippen LogP contribution is 2.36. The molecule has 1 rings (SSSR count). The second-order valence-electron chi connectivity index (χ2n) is 4.65. The summed E-state index contributed by atoms with van der Waals surface area (Å²) in [4.78, 5) is 0. The van der Waals surface area contributed by atoms with Crippen LogP contribution in [-0.2, 0) is 0 Å². The molecule has 1 N–H and O–H groups in total. The summed E-state index contributed by atoms with van der Waals surface area (Å²) in [6.07, 6.45) is 5.66. The van der Waals surface area contributed by atoms with Crippen LogP contribution in [0, 0.1) is 16.7 Å². The predicted molar refractivity (Wildman–Crippen MR) is 54.3 cm³/mol. The van der Waals surface area contributed by atoms with Gasteiger partial charge in [0.25, 0.3) is 0 Å². The fourth-order valence-electron chi connectivity index (χ4n) is 2.15. The first-order valence-corrected chi connectivity index (χ1v) is 5.27. The Morgan fingerprint density at radius 1 is 1.54 bits per heavy atom. The zero-order valence-electron chi connectivity index (χ0n) is 8.77. The van der Waals surface area contributed by atoms with Gasteiger partial charge in [0, 0.05) is 12.5 Å². The third-order valence-electron chi connectivity index (χ3n) is 3.11. The third-order valence-corrected chi connectivity index (χ3v) is 3.11. The molecule has 2 heteroatoms. The summed E-state index contributed by atoms with van der Waals surface area (Å²) in [5, 5.41) is 11.9. The van der Waals surface area contributed by atoms with Gasteiger partial charge in [0.2, 0.25) is 0 Å². The van der Waals surface area contributed by atoms with Crippen LogP contribution in [0.15, 0.2) is 0 Å². The van der Waals surface area contributed by atoms with E-state index >= 15 is 0 Å². The van der Waals surface area contributed by atoms with E-state index in [1.165, 1.54) is 19.3 Å². The van der Waals surface area contributed by atoms with Crippen LogP contribution in [0.5, 0.6) is 0 Å². The predicted octanol–water partition coefficient (Wildman–Crippen LogP) is 2.46. The number of nitriles is 1. The molecule has 1 aliphatic rings. The van der Waals surface area contributed by atoms with Gasteiger partial charge in [-0.3, -0.25) is 0 Å². The maximum atomic E-state index is 8.38. The minimum Gasteiger partial charge on any atom is -0.313 e. The SMILES string of the molecule is CC1(C)CCCC1NCCCC#N. The van der Waals surface area contributed by atoms with Crippen molar-refractivity contribution >= 4 is 0 Å². The zero-order chi connectivity index (χ0) is 9.73. The smallest absolute Gasteiger partial charge is 0.0622 e. The largest absolute Gasteiger partial charge is 0.313 e. The summed E-state index contributed by atoms with van der Waals surface area (Å²) in [5.41, 5.74) is 0.465. The van der Waals surface area contributed by atoms with Gasteiger partial charge in [-0.05, 0) is 31.2 Å². The fraction of sp³-hybridized carbons (Fsp3) is 0.909. The molecule has 0 aromatic carbocycles. The molecule has 1 unspecified atom stereocenters. The van der Waals surface area contributed by atoms with Crippen molar-refractivity contribution in [2.45, 2.75) is 52.0 Å². The molecule has 0 amide bonds. The Morgan fingerprint density at radius 3 is 2.85 bits per heavy atom. The van der Waals surface area contributed by atoms with E-state index in [9.17, 15) is 0 Å². The second-order valence-corrected chi connectivity index (χ2v) is 4.65. The highest BCUT2D eigenvalue weighted by atomic mass is 14.9. The van der Waals surface area contributed by atoms with Crippen LogP contribution in [-0.4, -0.2) is 12.6 Å². The molecule has 2 nitrogen and oxygen atoms in total. The van der Waals surface area contributed by atoms with Crippen molar-refractivity contribution in [2.24, 2.45) is 5.41 Å². The molecule has 1 fully saturated rings. The normalized spacial score (nSPS) is 25.8. The zero-order valence-corrected chi connectivity index (χ0v) is 8.77. The third kappa shape index (κ3) is 3.00. The van der Waals surface area contributed by atoms with Crippen LogP contribution < -0.4 is 5.32 Å². The fourth-order valence-corrected chi connectivity index (χ4v) is 2.15. The topological polar surface area (TPSA) is 35.8 Å². The lowest BCUT2D eigenvalue weighted by atomic mass is 9.87. The van der Waals surface area contributed by atoms with Gasteiger partial charge in [0.05, 0.1) is 6.07 Å². The Bertz CT molecular complexity index is 191. The first-order chi connectivity index (χ1) is 6.17. The molecule has 0 saturated heterocycles. The minimum absolute atomic E-state index is 0.465. The van der Waals surface area contributed by atoms with Gasteiger partial charge in [0.1, 0.15) is 0 Å². The first kappa shape index (κ1) is 10.5. The highest BCUT2D eigenvalue weighted by molar-refractivity contribution is 4.90. The summed E-state index contributed by atoms with van der Waals surface area (Å²) >= 11 is 0. The molecule has 13 heavy (non-hydrogen) atoms. The molecule has 0 radical (unpaired) electrons. The maximum Gasteiger partial charge on any atom is 0.0622 e. The Morgan fingerprint density at radius 2 is 2.31 bits per heavy atom. The van der Waals surface area contributed by atoms with Gasteiger partial charge < -0.3 is 5.32 Å². The number of hydrogen-bond donors (Lipinski definition) is 1. The van der Waals surface area contributed by atoms with Crippen molar-refractivity contribution in [1.29, 1.82) is 5.26 Å². The molecular weight excluding hydrogens is 160 g/mol. The molecule has 1 aliphatic carbocycles. The monoisotopic (exact) mass is 180 g/mol. The van der Waals surface area contributed by atoms with E-state index in [0.29, 0.717) is 17.9 Å². The van der Waals surface area contributed by atoms with E-state index in [0.717, 1.165) is 13.0 Å². The van der Waals surface area contributed by atoms with Crippen molar-refractivity contribution in [3.63, 3.8) is 0 Å². The van der Waals surface area contributed by atoms with Gasteiger partial charge in [-0.2, -0.15) is 5.26 Å². The van der Waals surface area contributed by atoms with Crippen LogP contribution in [0.4, 0.5) is 0 Å². The first-order valence-electron chi connectivity index (χ1n) is 5.27. The van der Waals surface area contributed by atoms with Gasteiger partial charge in [-0.15, -0.1) is 0 Å². The Kier molecular flexibility index (Phi) is 3.74. The van der Waals surface area contributed by atoms with Crippen molar-refractivity contribution in [1.82, 2.24) is 5.32 Å². The number of unbranched alkanes of at least 4 members (excludes halogenated alkanes) is 1. The molecule has 0 aromatic heterocycles. The Hall–Kier alpha value is -0.550.